The molecule has 0 bridgehead atoms. The molecule has 0 aromatic heterocycles. The van der Waals surface area contributed by atoms with Crippen LogP contribution in [0.2, 0.25) is 0 Å². The summed E-state index contributed by atoms with van der Waals surface area (Å²) in [4.78, 5) is 15.4. The number of nitrogens with one attached hydrogen (secondary N) is 1. The van der Waals surface area contributed by atoms with Crippen LogP contribution in [0.3, 0.4) is 0 Å². The zero-order chi connectivity index (χ0) is 19.3. The highest BCUT2D eigenvalue weighted by Crippen LogP contribution is 2.34. The van der Waals surface area contributed by atoms with Gasteiger partial charge in [0.05, 0.1) is 6.17 Å². The number of amides is 1. The number of halogens is 2. The average Bonchev–Trinajstić information content (AvgIpc) is 2.60. The van der Waals surface area contributed by atoms with Gasteiger partial charge in [-0.25, -0.2) is 8.78 Å². The third kappa shape index (κ3) is 4.95. The Labute approximate surface area is 156 Å². The highest BCUT2D eigenvalue weighted by atomic mass is 32.2. The molecule has 7 heteroatoms. The van der Waals surface area contributed by atoms with E-state index < -0.39 is 11.6 Å². The molecule has 0 radical (unpaired) electrons. The molecule has 0 aliphatic heterocycles. The number of nitrogens with zero attached hydrogens (tertiary/aromatic N) is 1. The quantitative estimate of drug-likeness (QED) is 0.561. The predicted molar refractivity (Wildman–Crippen MR) is 101 cm³/mol. The van der Waals surface area contributed by atoms with E-state index in [1.807, 2.05) is 20.8 Å². The second kappa shape index (κ2) is 9.00. The van der Waals surface area contributed by atoms with Gasteiger partial charge in [0.1, 0.15) is 11.6 Å². The average molecular weight is 379 g/mol. The van der Waals surface area contributed by atoms with Gasteiger partial charge >= 0.3 is 0 Å². The van der Waals surface area contributed by atoms with Crippen molar-refractivity contribution in [1.29, 1.82) is 0 Å². The molecule has 0 aliphatic rings. The van der Waals surface area contributed by atoms with Crippen LogP contribution in [0.25, 0.3) is 0 Å². The number of nitrogen functional groups attached to an aromatic ring is 1. The van der Waals surface area contributed by atoms with Gasteiger partial charge in [-0.15, -0.1) is 0 Å². The Kier molecular flexibility index (Phi) is 6.99. The van der Waals surface area contributed by atoms with Crippen LogP contribution in [0.15, 0.2) is 46.2 Å². The number of rotatable bonds is 7. The van der Waals surface area contributed by atoms with Crippen molar-refractivity contribution < 1.29 is 13.6 Å². The minimum atomic E-state index is -0.667. The Morgan fingerprint density at radius 2 is 1.85 bits per heavy atom. The fourth-order valence-corrected chi connectivity index (χ4v) is 3.48. The van der Waals surface area contributed by atoms with Crippen LogP contribution in [0.5, 0.6) is 0 Å². The van der Waals surface area contributed by atoms with Crippen LogP contribution >= 0.6 is 11.8 Å². The first kappa shape index (κ1) is 20.2. The summed E-state index contributed by atoms with van der Waals surface area (Å²) in [5.74, 6) is -1.54. The van der Waals surface area contributed by atoms with Gasteiger partial charge in [0, 0.05) is 27.1 Å². The Morgan fingerprint density at radius 1 is 1.15 bits per heavy atom. The lowest BCUT2D eigenvalue weighted by Gasteiger charge is -2.27. The van der Waals surface area contributed by atoms with Gasteiger partial charge in [0.2, 0.25) is 0 Å². The van der Waals surface area contributed by atoms with E-state index in [2.05, 4.69) is 10.2 Å². The van der Waals surface area contributed by atoms with Crippen LogP contribution in [0.4, 0.5) is 14.5 Å². The fraction of sp³-hybridized carbons (Fsp3) is 0.316. The summed E-state index contributed by atoms with van der Waals surface area (Å²) in [5, 5.41) is 2.94. The van der Waals surface area contributed by atoms with Gasteiger partial charge in [0.25, 0.3) is 5.91 Å². The van der Waals surface area contributed by atoms with Gasteiger partial charge in [-0.2, -0.15) is 0 Å². The SMILES string of the molecule is CCN(CC)C(C)NC(=O)c1ccc(N)c(Sc2ccc(F)cc2F)c1. The van der Waals surface area contributed by atoms with Crippen molar-refractivity contribution in [2.75, 3.05) is 18.8 Å². The first-order valence-corrected chi connectivity index (χ1v) is 9.24. The molecule has 1 amide bonds. The highest BCUT2D eigenvalue weighted by molar-refractivity contribution is 7.99. The zero-order valence-corrected chi connectivity index (χ0v) is 15.9. The molecule has 4 nitrogen and oxygen atoms in total. The molecule has 0 saturated heterocycles. The van der Waals surface area contributed by atoms with Crippen molar-refractivity contribution in [3.63, 3.8) is 0 Å². The third-order valence-electron chi connectivity index (χ3n) is 4.09. The van der Waals surface area contributed by atoms with E-state index in [1.165, 1.54) is 12.1 Å². The molecule has 26 heavy (non-hydrogen) atoms. The Bertz CT molecular complexity index is 781. The standard InChI is InChI=1S/C19H23F2N3OS/c1-4-24(5-2)12(3)23-19(25)13-6-8-16(22)18(10-13)26-17-9-7-14(20)11-15(17)21/h6-12H,4-5,22H2,1-3H3,(H,23,25). The maximum Gasteiger partial charge on any atom is 0.252 e. The van der Waals surface area contributed by atoms with Crippen LogP contribution in [-0.4, -0.2) is 30.1 Å². The molecule has 1 atom stereocenters. The smallest absolute Gasteiger partial charge is 0.252 e. The topological polar surface area (TPSA) is 58.4 Å². The summed E-state index contributed by atoms with van der Waals surface area (Å²) in [5.41, 5.74) is 6.81. The van der Waals surface area contributed by atoms with E-state index >= 15 is 0 Å². The number of carbonyl (C=O) groups is 1. The van der Waals surface area contributed by atoms with Gasteiger partial charge in [0.15, 0.2) is 0 Å². The lowest BCUT2D eigenvalue weighted by Crippen LogP contribution is -2.46. The molecule has 2 aromatic carbocycles. The van der Waals surface area contributed by atoms with E-state index in [0.717, 1.165) is 30.9 Å². The second-order valence-electron chi connectivity index (χ2n) is 5.80. The van der Waals surface area contributed by atoms with Crippen LogP contribution in [0.1, 0.15) is 31.1 Å². The number of nitrogens with two attached hydrogens (primary N) is 1. The van der Waals surface area contributed by atoms with E-state index in [9.17, 15) is 13.6 Å². The lowest BCUT2D eigenvalue weighted by atomic mass is 10.2. The Hall–Kier alpha value is -2.12. The van der Waals surface area contributed by atoms with Crippen LogP contribution in [0, 0.1) is 11.6 Å². The summed E-state index contributed by atoms with van der Waals surface area (Å²) < 4.78 is 26.9. The number of anilines is 1. The summed E-state index contributed by atoms with van der Waals surface area (Å²) in [6.07, 6.45) is -0.110. The van der Waals surface area contributed by atoms with Crippen molar-refractivity contribution in [2.24, 2.45) is 0 Å². The van der Waals surface area contributed by atoms with Crippen LogP contribution in [-0.2, 0) is 0 Å². The molecule has 2 rings (SSSR count). The molecule has 0 spiro atoms. The zero-order valence-electron chi connectivity index (χ0n) is 15.1. The summed E-state index contributed by atoms with van der Waals surface area (Å²) in [6, 6.07) is 8.22. The highest BCUT2D eigenvalue weighted by Gasteiger charge is 2.16. The van der Waals surface area contributed by atoms with E-state index in [4.69, 9.17) is 5.73 Å². The molecule has 0 heterocycles. The summed E-state index contributed by atoms with van der Waals surface area (Å²) in [7, 11) is 0. The Morgan fingerprint density at radius 3 is 2.46 bits per heavy atom. The van der Waals surface area contributed by atoms with E-state index in [0.29, 0.717) is 16.1 Å². The molecular weight excluding hydrogens is 356 g/mol. The molecule has 3 N–H and O–H groups in total. The first-order chi connectivity index (χ1) is 12.3. The van der Waals surface area contributed by atoms with Gasteiger partial charge in [-0.1, -0.05) is 25.6 Å². The number of hydrogen-bond acceptors (Lipinski definition) is 4. The molecule has 0 saturated carbocycles. The normalized spacial score (nSPS) is 12.2. The van der Waals surface area contributed by atoms with Crippen molar-refractivity contribution >= 4 is 23.4 Å². The van der Waals surface area contributed by atoms with E-state index in [1.54, 1.807) is 18.2 Å². The monoisotopic (exact) mass is 379 g/mol. The lowest BCUT2D eigenvalue weighted by molar-refractivity contribution is 0.0875. The largest absolute Gasteiger partial charge is 0.398 e. The van der Waals surface area contributed by atoms with Gasteiger partial charge in [-0.05, 0) is 50.3 Å². The van der Waals surface area contributed by atoms with E-state index in [-0.39, 0.29) is 17.0 Å². The predicted octanol–water partition coefficient (Wildman–Crippen LogP) is 4.12. The van der Waals surface area contributed by atoms with Crippen molar-refractivity contribution in [3.05, 3.63) is 53.6 Å². The van der Waals surface area contributed by atoms with Gasteiger partial charge < -0.3 is 11.1 Å². The maximum atomic E-state index is 13.9. The van der Waals surface area contributed by atoms with Crippen molar-refractivity contribution in [1.82, 2.24) is 10.2 Å². The number of benzene rings is 2. The molecule has 0 aliphatic carbocycles. The minimum absolute atomic E-state index is 0.110. The second-order valence-corrected chi connectivity index (χ2v) is 6.88. The van der Waals surface area contributed by atoms with Gasteiger partial charge in [-0.3, -0.25) is 9.69 Å². The fourth-order valence-electron chi connectivity index (χ4n) is 2.58. The summed E-state index contributed by atoms with van der Waals surface area (Å²) >= 11 is 1.06. The van der Waals surface area contributed by atoms with Crippen molar-refractivity contribution in [2.45, 2.75) is 36.7 Å². The summed E-state index contributed by atoms with van der Waals surface area (Å²) in [6.45, 7) is 7.63. The molecule has 1 unspecified atom stereocenters. The molecule has 140 valence electrons. The molecule has 2 aromatic rings. The van der Waals surface area contributed by atoms with Crippen LogP contribution < -0.4 is 11.1 Å². The maximum absolute atomic E-state index is 13.9. The number of carbonyl (C=O) groups excluding carboxylic acids is 1. The number of hydrogen-bond donors (Lipinski definition) is 2. The molecular formula is C19H23F2N3OS. The van der Waals surface area contributed by atoms with Crippen molar-refractivity contribution in [3.8, 4) is 0 Å². The minimum Gasteiger partial charge on any atom is -0.398 e. The first-order valence-electron chi connectivity index (χ1n) is 8.43. The third-order valence-corrected chi connectivity index (χ3v) is 5.21. The Balaban J connectivity index is 2.19. The molecule has 0 fully saturated rings.